The first-order valence-corrected chi connectivity index (χ1v) is 18.0. The second-order valence-electron chi connectivity index (χ2n) is 13.5. The lowest BCUT2D eigenvalue weighted by molar-refractivity contribution is 0.768. The average Bonchev–Trinajstić information content (AvgIpc) is 3.56. The summed E-state index contributed by atoms with van der Waals surface area (Å²) in [6.07, 6.45) is 0. The highest BCUT2D eigenvalue weighted by Gasteiger charge is 2.46. The summed E-state index contributed by atoms with van der Waals surface area (Å²) in [5.74, 6) is 1.95. The lowest BCUT2D eigenvalue weighted by Crippen LogP contribution is -2.28. The van der Waals surface area contributed by atoms with Crippen LogP contribution in [-0.4, -0.2) is 15.0 Å². The molecule has 0 unspecified atom stereocenters. The first-order valence-electron chi connectivity index (χ1n) is 18.0. The third-order valence-electron chi connectivity index (χ3n) is 10.6. The maximum atomic E-state index is 5.10. The van der Waals surface area contributed by atoms with Gasteiger partial charge in [0.25, 0.3) is 0 Å². The van der Waals surface area contributed by atoms with Gasteiger partial charge in [-0.25, -0.2) is 15.0 Å². The number of rotatable bonds is 6. The van der Waals surface area contributed by atoms with Gasteiger partial charge in [0.15, 0.2) is 17.5 Å². The summed E-state index contributed by atoms with van der Waals surface area (Å²) in [5.41, 5.74) is 12.4. The summed E-state index contributed by atoms with van der Waals surface area (Å²) in [5, 5.41) is 2.26. The van der Waals surface area contributed by atoms with Crippen LogP contribution < -0.4 is 0 Å². The van der Waals surface area contributed by atoms with Gasteiger partial charge in [0, 0.05) is 16.7 Å². The zero-order chi connectivity index (χ0) is 35.2. The normalized spacial score (nSPS) is 12.7. The summed E-state index contributed by atoms with van der Waals surface area (Å²) in [7, 11) is 0. The van der Waals surface area contributed by atoms with E-state index in [2.05, 4.69) is 170 Å². The fourth-order valence-electron chi connectivity index (χ4n) is 8.29. The molecule has 0 N–H and O–H groups in total. The fourth-order valence-corrected chi connectivity index (χ4v) is 8.29. The van der Waals surface area contributed by atoms with Crippen molar-refractivity contribution >= 4 is 10.8 Å². The molecule has 53 heavy (non-hydrogen) atoms. The van der Waals surface area contributed by atoms with Crippen LogP contribution in [0.1, 0.15) is 22.3 Å². The minimum absolute atomic E-state index is 0.443. The van der Waals surface area contributed by atoms with Crippen molar-refractivity contribution in [2.75, 3.05) is 0 Å². The molecule has 9 aromatic rings. The van der Waals surface area contributed by atoms with Crippen molar-refractivity contribution in [2.24, 2.45) is 0 Å². The smallest absolute Gasteiger partial charge is 0.164 e. The molecular weight excluding hydrogens is 643 g/mol. The molecule has 248 valence electrons. The van der Waals surface area contributed by atoms with Crippen molar-refractivity contribution in [2.45, 2.75) is 5.41 Å². The fraction of sp³-hybridized carbons (Fsp3) is 0.0200. The molecule has 0 fully saturated rings. The van der Waals surface area contributed by atoms with Crippen LogP contribution in [0.2, 0.25) is 0 Å². The highest BCUT2D eigenvalue weighted by molar-refractivity contribution is 5.97. The minimum atomic E-state index is -0.443. The van der Waals surface area contributed by atoms with E-state index in [0.717, 1.165) is 33.0 Å². The van der Waals surface area contributed by atoms with Crippen LogP contribution in [0.25, 0.3) is 67.2 Å². The van der Waals surface area contributed by atoms with Gasteiger partial charge in [-0.15, -0.1) is 0 Å². The molecule has 0 atom stereocenters. The van der Waals surface area contributed by atoms with E-state index >= 15 is 0 Å². The highest BCUT2D eigenvalue weighted by atomic mass is 15.0. The van der Waals surface area contributed by atoms with Gasteiger partial charge in [-0.2, -0.15) is 0 Å². The zero-order valence-electron chi connectivity index (χ0n) is 28.9. The molecule has 0 radical (unpaired) electrons. The summed E-state index contributed by atoms with van der Waals surface area (Å²) >= 11 is 0. The second-order valence-corrected chi connectivity index (χ2v) is 13.5. The Hall–Kier alpha value is -6.97. The Balaban J connectivity index is 1.13. The van der Waals surface area contributed by atoms with Gasteiger partial charge in [0.2, 0.25) is 0 Å². The van der Waals surface area contributed by atoms with Crippen molar-refractivity contribution in [3.05, 3.63) is 222 Å². The van der Waals surface area contributed by atoms with Crippen LogP contribution in [0.3, 0.4) is 0 Å². The van der Waals surface area contributed by atoms with Gasteiger partial charge in [-0.1, -0.05) is 200 Å². The van der Waals surface area contributed by atoms with E-state index < -0.39 is 5.41 Å². The molecule has 0 aliphatic heterocycles. The Bertz CT molecular complexity index is 2710. The molecule has 1 aliphatic rings. The molecule has 10 rings (SSSR count). The molecule has 0 saturated heterocycles. The molecule has 3 heteroatoms. The third-order valence-corrected chi connectivity index (χ3v) is 10.6. The maximum Gasteiger partial charge on any atom is 0.164 e. The van der Waals surface area contributed by atoms with Crippen molar-refractivity contribution < 1.29 is 0 Å². The lowest BCUT2D eigenvalue weighted by atomic mass is 9.67. The zero-order valence-corrected chi connectivity index (χ0v) is 28.9. The van der Waals surface area contributed by atoms with E-state index in [9.17, 15) is 0 Å². The average molecular weight is 676 g/mol. The highest BCUT2D eigenvalue weighted by Crippen LogP contribution is 2.58. The van der Waals surface area contributed by atoms with E-state index in [1.54, 1.807) is 0 Å². The van der Waals surface area contributed by atoms with Crippen LogP contribution in [-0.2, 0) is 5.41 Å². The maximum absolute atomic E-state index is 5.10. The van der Waals surface area contributed by atoms with Crippen LogP contribution >= 0.6 is 0 Å². The van der Waals surface area contributed by atoms with E-state index in [0.29, 0.717) is 17.5 Å². The van der Waals surface area contributed by atoms with Crippen molar-refractivity contribution in [3.8, 4) is 56.4 Å². The Kier molecular flexibility index (Phi) is 7.36. The standard InChI is InChI=1S/C50H33N3/c1-4-17-36(18-5-1)47-51-48(53-49(52-47)42-27-14-19-34-16-10-11-24-40(34)42)37-32-30-35(31-33-37)41-26-15-29-45-46(41)43-25-12-13-28-44(43)50(45,38-20-6-2-7-21-38)39-22-8-3-9-23-39/h1-33H. The van der Waals surface area contributed by atoms with Crippen molar-refractivity contribution in [1.29, 1.82) is 0 Å². The third kappa shape index (κ3) is 5.01. The molecule has 1 aromatic heterocycles. The van der Waals surface area contributed by atoms with E-state index in [-0.39, 0.29) is 0 Å². The van der Waals surface area contributed by atoms with Gasteiger partial charge < -0.3 is 0 Å². The molecule has 0 amide bonds. The molecule has 0 spiro atoms. The Morgan fingerprint density at radius 2 is 0.774 bits per heavy atom. The number of fused-ring (bicyclic) bond motifs is 4. The Morgan fingerprint density at radius 3 is 1.49 bits per heavy atom. The van der Waals surface area contributed by atoms with Crippen molar-refractivity contribution in [3.63, 3.8) is 0 Å². The van der Waals surface area contributed by atoms with Crippen LogP contribution in [0.4, 0.5) is 0 Å². The van der Waals surface area contributed by atoms with Crippen LogP contribution in [0.15, 0.2) is 200 Å². The molecular formula is C50H33N3. The molecule has 1 aliphatic carbocycles. The summed E-state index contributed by atoms with van der Waals surface area (Å²) in [6.45, 7) is 0. The molecule has 0 saturated carbocycles. The predicted octanol–water partition coefficient (Wildman–Crippen LogP) is 12.1. The second kappa shape index (κ2) is 12.7. The van der Waals surface area contributed by atoms with Gasteiger partial charge in [-0.3, -0.25) is 0 Å². The number of hydrogen-bond donors (Lipinski definition) is 0. The van der Waals surface area contributed by atoms with Gasteiger partial charge in [0.05, 0.1) is 5.41 Å². The largest absolute Gasteiger partial charge is 0.208 e. The van der Waals surface area contributed by atoms with Crippen LogP contribution in [0.5, 0.6) is 0 Å². The van der Waals surface area contributed by atoms with E-state index in [1.165, 1.54) is 38.9 Å². The number of nitrogens with zero attached hydrogens (tertiary/aromatic N) is 3. The van der Waals surface area contributed by atoms with Gasteiger partial charge in [-0.05, 0) is 55.3 Å². The van der Waals surface area contributed by atoms with E-state index in [4.69, 9.17) is 15.0 Å². The topological polar surface area (TPSA) is 38.7 Å². The summed E-state index contributed by atoms with van der Waals surface area (Å²) in [6, 6.07) is 71.1. The van der Waals surface area contributed by atoms with Gasteiger partial charge in [0.1, 0.15) is 0 Å². The SMILES string of the molecule is c1ccc(-c2nc(-c3ccc(-c4cccc5c4-c4ccccc4C5(c4ccccc4)c4ccccc4)cc3)nc(-c3cccc4ccccc34)n2)cc1. The summed E-state index contributed by atoms with van der Waals surface area (Å²) < 4.78 is 0. The molecule has 0 bridgehead atoms. The molecule has 8 aromatic carbocycles. The Labute approximate surface area is 309 Å². The minimum Gasteiger partial charge on any atom is -0.208 e. The first kappa shape index (κ1) is 30.8. The van der Waals surface area contributed by atoms with Crippen LogP contribution in [0, 0.1) is 0 Å². The molecule has 1 heterocycles. The number of benzene rings is 8. The number of hydrogen-bond acceptors (Lipinski definition) is 3. The predicted molar refractivity (Wildman–Crippen MR) is 216 cm³/mol. The van der Waals surface area contributed by atoms with Gasteiger partial charge >= 0.3 is 0 Å². The summed E-state index contributed by atoms with van der Waals surface area (Å²) in [4.78, 5) is 15.2. The van der Waals surface area contributed by atoms with Crippen molar-refractivity contribution in [1.82, 2.24) is 15.0 Å². The quantitative estimate of drug-likeness (QED) is 0.176. The number of aromatic nitrogens is 3. The molecule has 3 nitrogen and oxygen atoms in total. The van der Waals surface area contributed by atoms with E-state index in [1.807, 2.05) is 30.3 Å². The monoisotopic (exact) mass is 675 g/mol. The lowest BCUT2D eigenvalue weighted by Gasteiger charge is -2.34. The Morgan fingerprint density at radius 1 is 0.302 bits per heavy atom. The first-order chi connectivity index (χ1) is 26.3.